The maximum absolute atomic E-state index is 13.4. The normalized spacial score (nSPS) is 27.0. The number of carbonyl (C=O) groups excluding carboxylic acids is 3. The lowest BCUT2D eigenvalue weighted by Gasteiger charge is -2.34. The van der Waals surface area contributed by atoms with Crippen molar-refractivity contribution in [2.45, 2.75) is 12.1 Å². The van der Waals surface area contributed by atoms with Crippen LogP contribution in [0, 0.1) is 17.7 Å². The largest absolute Gasteiger partial charge is 0.467 e. The van der Waals surface area contributed by atoms with Crippen molar-refractivity contribution in [1.82, 2.24) is 4.90 Å². The molecule has 7 heteroatoms. The zero-order valence-electron chi connectivity index (χ0n) is 15.5. The van der Waals surface area contributed by atoms with E-state index in [-0.39, 0.29) is 0 Å². The van der Waals surface area contributed by atoms with E-state index in [4.69, 9.17) is 4.74 Å². The molecule has 0 radical (unpaired) electrons. The third kappa shape index (κ3) is 2.36. The molecule has 2 aromatic rings. The van der Waals surface area contributed by atoms with E-state index in [1.807, 2.05) is 30.3 Å². The number of rotatable bonds is 2. The molecule has 3 heterocycles. The van der Waals surface area contributed by atoms with Crippen molar-refractivity contribution >= 4 is 29.5 Å². The number of nitrogens with zero attached hydrogens (tertiary/aromatic N) is 2. The fourth-order valence-electron chi connectivity index (χ4n) is 4.79. The number of fused-ring (bicyclic) bond motifs is 5. The molecule has 2 amide bonds. The van der Waals surface area contributed by atoms with Crippen LogP contribution >= 0.6 is 0 Å². The molecule has 0 aromatic heterocycles. The Kier molecular flexibility index (Phi) is 3.81. The molecular formula is C22H17FN2O4. The summed E-state index contributed by atoms with van der Waals surface area (Å²) in [6.07, 6.45) is 3.63. The quantitative estimate of drug-likeness (QED) is 0.580. The van der Waals surface area contributed by atoms with E-state index in [0.29, 0.717) is 5.69 Å². The summed E-state index contributed by atoms with van der Waals surface area (Å²) in [6.45, 7) is 0. The van der Waals surface area contributed by atoms with E-state index in [1.54, 1.807) is 11.1 Å². The van der Waals surface area contributed by atoms with Crippen LogP contribution < -0.4 is 4.90 Å². The summed E-state index contributed by atoms with van der Waals surface area (Å²) < 4.78 is 18.3. The van der Waals surface area contributed by atoms with Gasteiger partial charge >= 0.3 is 5.97 Å². The Labute approximate surface area is 166 Å². The van der Waals surface area contributed by atoms with Crippen LogP contribution in [0.5, 0.6) is 0 Å². The molecule has 3 aliphatic rings. The summed E-state index contributed by atoms with van der Waals surface area (Å²) in [5.41, 5.74) is 2.13. The van der Waals surface area contributed by atoms with Gasteiger partial charge in [-0.15, -0.1) is 0 Å². The molecule has 5 rings (SSSR count). The fourth-order valence-corrected chi connectivity index (χ4v) is 4.79. The summed E-state index contributed by atoms with van der Waals surface area (Å²) in [6, 6.07) is 11.4. The Bertz CT molecular complexity index is 1060. The molecule has 6 nitrogen and oxygen atoms in total. The first-order valence-corrected chi connectivity index (χ1v) is 9.28. The Morgan fingerprint density at radius 3 is 2.41 bits per heavy atom. The van der Waals surface area contributed by atoms with Gasteiger partial charge in [0, 0.05) is 6.20 Å². The van der Waals surface area contributed by atoms with Gasteiger partial charge in [-0.25, -0.2) is 14.1 Å². The molecule has 0 aliphatic carbocycles. The minimum absolute atomic E-state index is 0.297. The summed E-state index contributed by atoms with van der Waals surface area (Å²) >= 11 is 0. The number of methoxy groups -OCH3 is 1. The van der Waals surface area contributed by atoms with E-state index in [0.717, 1.165) is 16.0 Å². The lowest BCUT2D eigenvalue weighted by Crippen LogP contribution is -2.44. The summed E-state index contributed by atoms with van der Waals surface area (Å²) in [4.78, 5) is 42.2. The predicted molar refractivity (Wildman–Crippen MR) is 102 cm³/mol. The summed E-state index contributed by atoms with van der Waals surface area (Å²) in [5, 5.41) is 0. The Hall–Kier alpha value is -3.48. The second-order valence-electron chi connectivity index (χ2n) is 7.34. The van der Waals surface area contributed by atoms with E-state index < -0.39 is 47.5 Å². The first-order valence-electron chi connectivity index (χ1n) is 9.28. The van der Waals surface area contributed by atoms with Gasteiger partial charge in [0.05, 0.1) is 30.7 Å². The zero-order valence-corrected chi connectivity index (χ0v) is 15.5. The number of amides is 2. The number of ether oxygens (including phenoxy) is 1. The van der Waals surface area contributed by atoms with Crippen LogP contribution in [0.4, 0.5) is 10.1 Å². The number of anilines is 1. The highest BCUT2D eigenvalue weighted by Crippen LogP contribution is 2.53. The number of benzene rings is 2. The second kappa shape index (κ2) is 6.27. The molecule has 2 saturated heterocycles. The van der Waals surface area contributed by atoms with Gasteiger partial charge in [-0.05, 0) is 41.5 Å². The minimum Gasteiger partial charge on any atom is -0.467 e. The van der Waals surface area contributed by atoms with Gasteiger partial charge in [-0.2, -0.15) is 0 Å². The highest BCUT2D eigenvalue weighted by Gasteiger charge is 2.65. The van der Waals surface area contributed by atoms with Crippen molar-refractivity contribution in [3.63, 3.8) is 0 Å². The van der Waals surface area contributed by atoms with Crippen LogP contribution in [0.25, 0.3) is 6.08 Å². The summed E-state index contributed by atoms with van der Waals surface area (Å²) in [7, 11) is 1.27. The molecule has 0 spiro atoms. The lowest BCUT2D eigenvalue weighted by atomic mass is 9.84. The first-order chi connectivity index (χ1) is 14.0. The van der Waals surface area contributed by atoms with Gasteiger partial charge in [-0.3, -0.25) is 9.59 Å². The van der Waals surface area contributed by atoms with Gasteiger partial charge in [0.15, 0.2) is 0 Å². The van der Waals surface area contributed by atoms with Crippen LogP contribution in [0.2, 0.25) is 0 Å². The van der Waals surface area contributed by atoms with E-state index in [1.165, 1.54) is 31.4 Å². The third-order valence-corrected chi connectivity index (χ3v) is 5.99. The first kappa shape index (κ1) is 17.6. The predicted octanol–water partition coefficient (Wildman–Crippen LogP) is 2.51. The number of hydrogen-bond acceptors (Lipinski definition) is 5. The molecular weight excluding hydrogens is 375 g/mol. The maximum Gasteiger partial charge on any atom is 0.329 e. The topological polar surface area (TPSA) is 66.9 Å². The smallest absolute Gasteiger partial charge is 0.329 e. The molecule has 0 bridgehead atoms. The molecule has 0 saturated carbocycles. The maximum atomic E-state index is 13.4. The average Bonchev–Trinajstić information content (AvgIpc) is 3.21. The molecule has 29 heavy (non-hydrogen) atoms. The molecule has 146 valence electrons. The number of esters is 1. The molecule has 4 atom stereocenters. The highest BCUT2D eigenvalue weighted by molar-refractivity contribution is 6.23. The van der Waals surface area contributed by atoms with Gasteiger partial charge in [0.1, 0.15) is 11.9 Å². The van der Waals surface area contributed by atoms with Gasteiger partial charge in [-0.1, -0.05) is 24.3 Å². The zero-order chi connectivity index (χ0) is 20.3. The summed E-state index contributed by atoms with van der Waals surface area (Å²) in [5.74, 6) is -3.49. The van der Waals surface area contributed by atoms with Gasteiger partial charge in [0.25, 0.3) is 0 Å². The standard InChI is InChI=1S/C22H17FN2O4/c1-29-22(28)19-17-16(18-15-5-3-2-4-12(15)10-11-24(18)19)20(26)25(21(17)27)14-8-6-13(23)7-9-14/h2-11,16-19H,1H3/t16-,17+,18+,19-/m0/s1. The van der Waals surface area contributed by atoms with E-state index in [9.17, 15) is 18.8 Å². The molecule has 0 unspecified atom stereocenters. The van der Waals surface area contributed by atoms with Crippen molar-refractivity contribution < 1.29 is 23.5 Å². The highest BCUT2D eigenvalue weighted by atomic mass is 19.1. The Morgan fingerprint density at radius 1 is 1.00 bits per heavy atom. The number of halogens is 1. The van der Waals surface area contributed by atoms with Crippen molar-refractivity contribution in [3.05, 3.63) is 71.7 Å². The van der Waals surface area contributed by atoms with Crippen molar-refractivity contribution in [2.24, 2.45) is 11.8 Å². The van der Waals surface area contributed by atoms with Gasteiger partial charge < -0.3 is 9.64 Å². The van der Waals surface area contributed by atoms with Gasteiger partial charge in [0.2, 0.25) is 11.8 Å². The van der Waals surface area contributed by atoms with Crippen molar-refractivity contribution in [2.75, 3.05) is 12.0 Å². The number of carbonyl (C=O) groups is 3. The lowest BCUT2D eigenvalue weighted by molar-refractivity contribution is -0.148. The van der Waals surface area contributed by atoms with E-state index >= 15 is 0 Å². The van der Waals surface area contributed by atoms with Crippen molar-refractivity contribution in [3.8, 4) is 0 Å². The number of imide groups is 1. The molecule has 3 aliphatic heterocycles. The molecule has 0 N–H and O–H groups in total. The van der Waals surface area contributed by atoms with Crippen LogP contribution in [-0.4, -0.2) is 35.8 Å². The van der Waals surface area contributed by atoms with Crippen LogP contribution in [0.1, 0.15) is 17.2 Å². The Balaban J connectivity index is 1.65. The van der Waals surface area contributed by atoms with Crippen LogP contribution in [0.3, 0.4) is 0 Å². The molecule has 2 fully saturated rings. The molecule has 2 aromatic carbocycles. The third-order valence-electron chi connectivity index (χ3n) is 5.99. The number of hydrogen-bond donors (Lipinski definition) is 0. The minimum atomic E-state index is -0.901. The SMILES string of the molecule is COC(=O)[C@@H]1[C@@H]2C(=O)N(c3ccc(F)cc3)C(=O)[C@@H]2[C@H]2c3ccccc3C=CN12. The fraction of sp³-hybridized carbons (Fsp3) is 0.227. The van der Waals surface area contributed by atoms with Crippen LogP contribution in [0.15, 0.2) is 54.7 Å². The van der Waals surface area contributed by atoms with E-state index in [2.05, 4.69) is 0 Å². The van der Waals surface area contributed by atoms with Crippen LogP contribution in [-0.2, 0) is 19.1 Å². The monoisotopic (exact) mass is 392 g/mol. The second-order valence-corrected chi connectivity index (χ2v) is 7.34. The Morgan fingerprint density at radius 2 is 1.69 bits per heavy atom. The average molecular weight is 392 g/mol. The van der Waals surface area contributed by atoms with Crippen molar-refractivity contribution in [1.29, 1.82) is 0 Å².